The molecule has 6 heteroatoms. The zero-order valence-corrected chi connectivity index (χ0v) is 11.7. The predicted molar refractivity (Wildman–Crippen MR) is 75.5 cm³/mol. The summed E-state index contributed by atoms with van der Waals surface area (Å²) in [5, 5.41) is 3.22. The molecule has 20 heavy (non-hydrogen) atoms. The molecule has 0 saturated heterocycles. The summed E-state index contributed by atoms with van der Waals surface area (Å²) in [5.74, 6) is 2.02. The fourth-order valence-corrected chi connectivity index (χ4v) is 1.79. The van der Waals surface area contributed by atoms with Crippen molar-refractivity contribution in [2.24, 2.45) is 0 Å². The number of nitrogens with zero attached hydrogens (tertiary/aromatic N) is 2. The van der Waals surface area contributed by atoms with Crippen LogP contribution in [0.1, 0.15) is 5.56 Å². The van der Waals surface area contributed by atoms with Gasteiger partial charge in [0.1, 0.15) is 23.5 Å². The molecule has 2 aromatic rings. The predicted octanol–water partition coefficient (Wildman–Crippen LogP) is 2.11. The molecule has 1 aromatic carbocycles. The van der Waals surface area contributed by atoms with Crippen molar-refractivity contribution in [3.8, 4) is 17.4 Å². The third kappa shape index (κ3) is 3.09. The maximum absolute atomic E-state index is 5.35. The summed E-state index contributed by atoms with van der Waals surface area (Å²) >= 11 is 0. The van der Waals surface area contributed by atoms with E-state index in [1.807, 2.05) is 18.2 Å². The topological polar surface area (TPSA) is 65.5 Å². The molecule has 0 saturated carbocycles. The second-order valence-corrected chi connectivity index (χ2v) is 3.98. The second kappa shape index (κ2) is 6.60. The number of ether oxygens (including phenoxy) is 3. The normalized spacial score (nSPS) is 9.95. The van der Waals surface area contributed by atoms with E-state index in [1.165, 1.54) is 6.33 Å². The van der Waals surface area contributed by atoms with E-state index in [-0.39, 0.29) is 0 Å². The number of hydrogen-bond acceptors (Lipinski definition) is 6. The highest BCUT2D eigenvalue weighted by Crippen LogP contribution is 2.26. The third-order valence-corrected chi connectivity index (χ3v) is 2.83. The molecule has 0 aliphatic heterocycles. The van der Waals surface area contributed by atoms with Gasteiger partial charge in [0, 0.05) is 18.2 Å². The van der Waals surface area contributed by atoms with Gasteiger partial charge >= 0.3 is 0 Å². The molecular weight excluding hydrogens is 258 g/mol. The quantitative estimate of drug-likeness (QED) is 0.871. The molecule has 0 fully saturated rings. The molecule has 2 rings (SSSR count). The van der Waals surface area contributed by atoms with Crippen LogP contribution < -0.4 is 19.5 Å². The highest BCUT2D eigenvalue weighted by Gasteiger charge is 2.07. The Labute approximate surface area is 117 Å². The smallest absolute Gasteiger partial charge is 0.240 e. The minimum absolute atomic E-state index is 0.507. The lowest BCUT2D eigenvalue weighted by molar-refractivity contribution is 0.391. The second-order valence-electron chi connectivity index (χ2n) is 3.98. The summed E-state index contributed by atoms with van der Waals surface area (Å²) < 4.78 is 15.7. The summed E-state index contributed by atoms with van der Waals surface area (Å²) in [6, 6.07) is 5.68. The van der Waals surface area contributed by atoms with Crippen LogP contribution in [0.5, 0.6) is 17.4 Å². The Balaban J connectivity index is 2.14. The number of aromatic nitrogens is 2. The largest absolute Gasteiger partial charge is 0.497 e. The maximum atomic E-state index is 5.35. The summed E-state index contributed by atoms with van der Waals surface area (Å²) in [5.41, 5.74) is 1.73. The Morgan fingerprint density at radius 2 is 1.95 bits per heavy atom. The zero-order valence-electron chi connectivity index (χ0n) is 11.7. The number of rotatable bonds is 6. The highest BCUT2D eigenvalue weighted by atomic mass is 16.5. The monoisotopic (exact) mass is 275 g/mol. The lowest BCUT2D eigenvalue weighted by Gasteiger charge is -2.13. The Morgan fingerprint density at radius 3 is 2.65 bits per heavy atom. The van der Waals surface area contributed by atoms with Gasteiger partial charge in [-0.1, -0.05) is 0 Å². The molecule has 0 radical (unpaired) electrons. The standard InChI is InChI=1S/C14H17N3O3/c1-18-11-5-4-10(13(6-11)19-2)7-16-12-8-15-9-17-14(12)20-3/h4-6,8-9,16H,7H2,1-3H3. The van der Waals surface area contributed by atoms with Gasteiger partial charge in [-0.2, -0.15) is 0 Å². The number of hydrogen-bond donors (Lipinski definition) is 1. The molecule has 1 N–H and O–H groups in total. The van der Waals surface area contributed by atoms with Crippen molar-refractivity contribution < 1.29 is 14.2 Å². The first-order valence-corrected chi connectivity index (χ1v) is 6.07. The van der Waals surface area contributed by atoms with Crippen molar-refractivity contribution in [1.29, 1.82) is 0 Å². The molecular formula is C14H17N3O3. The van der Waals surface area contributed by atoms with Crippen LogP contribution in [-0.2, 0) is 6.54 Å². The van der Waals surface area contributed by atoms with E-state index in [0.29, 0.717) is 12.4 Å². The van der Waals surface area contributed by atoms with E-state index < -0.39 is 0 Å². The van der Waals surface area contributed by atoms with Crippen molar-refractivity contribution in [3.05, 3.63) is 36.3 Å². The average molecular weight is 275 g/mol. The molecule has 0 bridgehead atoms. The molecule has 0 atom stereocenters. The van der Waals surface area contributed by atoms with E-state index in [4.69, 9.17) is 14.2 Å². The van der Waals surface area contributed by atoms with Crippen LogP contribution in [0.2, 0.25) is 0 Å². The highest BCUT2D eigenvalue weighted by molar-refractivity contribution is 5.51. The SMILES string of the molecule is COc1ccc(CNc2cncnc2OC)c(OC)c1. The van der Waals surface area contributed by atoms with E-state index in [0.717, 1.165) is 22.7 Å². The third-order valence-electron chi connectivity index (χ3n) is 2.83. The lowest BCUT2D eigenvalue weighted by atomic mass is 10.2. The van der Waals surface area contributed by atoms with Gasteiger partial charge < -0.3 is 19.5 Å². The van der Waals surface area contributed by atoms with Crippen LogP contribution >= 0.6 is 0 Å². The van der Waals surface area contributed by atoms with Gasteiger partial charge in [0.25, 0.3) is 0 Å². The van der Waals surface area contributed by atoms with Crippen LogP contribution in [0.4, 0.5) is 5.69 Å². The van der Waals surface area contributed by atoms with Gasteiger partial charge in [0.15, 0.2) is 0 Å². The maximum Gasteiger partial charge on any atom is 0.240 e. The van der Waals surface area contributed by atoms with Gasteiger partial charge in [-0.15, -0.1) is 0 Å². The van der Waals surface area contributed by atoms with Crippen LogP contribution in [0.15, 0.2) is 30.7 Å². The number of nitrogens with one attached hydrogen (secondary N) is 1. The van der Waals surface area contributed by atoms with Crippen LogP contribution in [0.25, 0.3) is 0 Å². The van der Waals surface area contributed by atoms with Crippen LogP contribution in [-0.4, -0.2) is 31.3 Å². The van der Waals surface area contributed by atoms with E-state index >= 15 is 0 Å². The Kier molecular flexibility index (Phi) is 4.60. The number of methoxy groups -OCH3 is 3. The van der Waals surface area contributed by atoms with Gasteiger partial charge in [-0.05, 0) is 12.1 Å². The molecule has 0 aliphatic carbocycles. The van der Waals surface area contributed by atoms with Crippen molar-refractivity contribution in [3.63, 3.8) is 0 Å². The Morgan fingerprint density at radius 1 is 1.10 bits per heavy atom. The summed E-state index contributed by atoms with van der Waals surface area (Å²) in [7, 11) is 4.82. The molecule has 6 nitrogen and oxygen atoms in total. The molecule has 0 amide bonds. The molecule has 0 aliphatic rings. The minimum Gasteiger partial charge on any atom is -0.497 e. The Hall–Kier alpha value is -2.50. The first kappa shape index (κ1) is 13.9. The lowest BCUT2D eigenvalue weighted by Crippen LogP contribution is -2.04. The van der Waals surface area contributed by atoms with Gasteiger partial charge in [-0.3, -0.25) is 0 Å². The first-order valence-electron chi connectivity index (χ1n) is 6.07. The van der Waals surface area contributed by atoms with Crippen LogP contribution in [0, 0.1) is 0 Å². The van der Waals surface area contributed by atoms with Gasteiger partial charge in [0.05, 0.1) is 27.5 Å². The van der Waals surface area contributed by atoms with E-state index in [2.05, 4.69) is 15.3 Å². The van der Waals surface area contributed by atoms with E-state index in [9.17, 15) is 0 Å². The molecule has 0 spiro atoms. The summed E-state index contributed by atoms with van der Waals surface area (Å²) in [6.07, 6.45) is 3.11. The van der Waals surface area contributed by atoms with Gasteiger partial charge in [-0.25, -0.2) is 9.97 Å². The fraction of sp³-hybridized carbons (Fsp3) is 0.286. The van der Waals surface area contributed by atoms with Gasteiger partial charge in [0.2, 0.25) is 5.88 Å². The molecule has 0 unspecified atom stereocenters. The van der Waals surface area contributed by atoms with Crippen molar-refractivity contribution in [2.45, 2.75) is 6.54 Å². The average Bonchev–Trinajstić information content (AvgIpc) is 2.52. The molecule has 106 valence electrons. The van der Waals surface area contributed by atoms with Crippen LogP contribution in [0.3, 0.4) is 0 Å². The zero-order chi connectivity index (χ0) is 14.4. The minimum atomic E-state index is 0.507. The Bertz CT molecular complexity index is 575. The van der Waals surface area contributed by atoms with Crippen molar-refractivity contribution in [2.75, 3.05) is 26.6 Å². The molecule has 1 aromatic heterocycles. The van der Waals surface area contributed by atoms with Crippen molar-refractivity contribution >= 4 is 5.69 Å². The number of anilines is 1. The summed E-state index contributed by atoms with van der Waals surface area (Å²) in [4.78, 5) is 8.00. The summed E-state index contributed by atoms with van der Waals surface area (Å²) in [6.45, 7) is 0.566. The first-order chi connectivity index (χ1) is 9.78. The fourth-order valence-electron chi connectivity index (χ4n) is 1.79. The number of benzene rings is 1. The van der Waals surface area contributed by atoms with Crippen molar-refractivity contribution in [1.82, 2.24) is 9.97 Å². The molecule has 1 heterocycles. The van der Waals surface area contributed by atoms with E-state index in [1.54, 1.807) is 27.5 Å².